The molecule has 2 aliphatic rings. The van der Waals surface area contributed by atoms with Gasteiger partial charge in [0.05, 0.1) is 11.6 Å². The fourth-order valence-electron chi connectivity index (χ4n) is 2.38. The lowest BCUT2D eigenvalue weighted by molar-refractivity contribution is 0.232. The van der Waals surface area contributed by atoms with Crippen molar-refractivity contribution >= 4 is 11.6 Å². The molecule has 4 heteroatoms. The van der Waals surface area contributed by atoms with Crippen LogP contribution < -0.4 is 10.1 Å². The zero-order chi connectivity index (χ0) is 13.1. The van der Waals surface area contributed by atoms with Gasteiger partial charge >= 0.3 is 0 Å². The highest BCUT2D eigenvalue weighted by atomic mass is 35.5. The van der Waals surface area contributed by atoms with E-state index >= 15 is 0 Å². The third-order valence-electron chi connectivity index (χ3n) is 3.78. The molecule has 1 aliphatic heterocycles. The molecule has 0 unspecified atom stereocenters. The number of halogens is 1. The summed E-state index contributed by atoms with van der Waals surface area (Å²) in [5.41, 5.74) is 1.29. The van der Waals surface area contributed by atoms with Gasteiger partial charge < -0.3 is 10.1 Å². The maximum absolute atomic E-state index is 6.19. The van der Waals surface area contributed by atoms with E-state index in [4.69, 9.17) is 16.3 Å². The van der Waals surface area contributed by atoms with Crippen LogP contribution in [0.2, 0.25) is 5.02 Å². The molecule has 3 rings (SSSR count). The normalized spacial score (nSPS) is 20.5. The average molecular weight is 281 g/mol. The highest BCUT2D eigenvalue weighted by Gasteiger charge is 2.22. The molecule has 1 N–H and O–H groups in total. The predicted octanol–water partition coefficient (Wildman–Crippen LogP) is 2.53. The van der Waals surface area contributed by atoms with Crippen LogP contribution in [-0.4, -0.2) is 37.7 Å². The first-order chi connectivity index (χ1) is 9.31. The maximum atomic E-state index is 6.19. The third kappa shape index (κ3) is 3.85. The lowest BCUT2D eigenvalue weighted by Gasteiger charge is -2.27. The second-order valence-corrected chi connectivity index (χ2v) is 5.95. The molecule has 0 amide bonds. The third-order valence-corrected chi connectivity index (χ3v) is 4.10. The molecule has 0 aromatic heterocycles. The van der Waals surface area contributed by atoms with Crippen LogP contribution in [0.25, 0.3) is 0 Å². The summed E-state index contributed by atoms with van der Waals surface area (Å²) in [6.45, 7) is 6.19. The van der Waals surface area contributed by atoms with E-state index in [0.717, 1.165) is 56.0 Å². The standard InChI is InChI=1S/C15H21ClN2O/c16-14-4-3-13(10-18-7-5-17-6-8-18)9-15(14)19-11-12-1-2-12/h3-4,9,12,17H,1-2,5-8,10-11H2. The average Bonchev–Trinajstić information content (AvgIpc) is 3.25. The lowest BCUT2D eigenvalue weighted by atomic mass is 10.2. The minimum absolute atomic E-state index is 0.727. The fourth-order valence-corrected chi connectivity index (χ4v) is 2.55. The molecule has 2 fully saturated rings. The van der Waals surface area contributed by atoms with Crippen LogP contribution in [-0.2, 0) is 6.54 Å². The van der Waals surface area contributed by atoms with Gasteiger partial charge in [0.25, 0.3) is 0 Å². The minimum Gasteiger partial charge on any atom is -0.492 e. The van der Waals surface area contributed by atoms with E-state index in [1.807, 2.05) is 6.07 Å². The largest absolute Gasteiger partial charge is 0.492 e. The summed E-state index contributed by atoms with van der Waals surface area (Å²) in [6.07, 6.45) is 2.61. The Balaban J connectivity index is 1.61. The Morgan fingerprint density at radius 3 is 2.79 bits per heavy atom. The number of nitrogens with zero attached hydrogens (tertiary/aromatic N) is 1. The zero-order valence-electron chi connectivity index (χ0n) is 11.2. The molecule has 1 saturated carbocycles. The van der Waals surface area contributed by atoms with Gasteiger partial charge in [0, 0.05) is 32.7 Å². The summed E-state index contributed by atoms with van der Waals surface area (Å²) in [6, 6.07) is 6.17. The monoisotopic (exact) mass is 280 g/mol. The van der Waals surface area contributed by atoms with E-state index in [1.165, 1.54) is 18.4 Å². The molecule has 0 radical (unpaired) electrons. The molecule has 1 aromatic rings. The van der Waals surface area contributed by atoms with Gasteiger partial charge in [-0.05, 0) is 36.5 Å². The highest BCUT2D eigenvalue weighted by Crippen LogP contribution is 2.32. The summed E-state index contributed by atoms with van der Waals surface area (Å²) in [5, 5.41) is 4.10. The van der Waals surface area contributed by atoms with Crippen molar-refractivity contribution in [3.8, 4) is 5.75 Å². The van der Waals surface area contributed by atoms with E-state index in [1.54, 1.807) is 0 Å². The summed E-state index contributed by atoms with van der Waals surface area (Å²) < 4.78 is 5.83. The van der Waals surface area contributed by atoms with Crippen LogP contribution in [0.15, 0.2) is 18.2 Å². The Morgan fingerprint density at radius 2 is 2.05 bits per heavy atom. The summed E-state index contributed by atoms with van der Waals surface area (Å²) >= 11 is 6.19. The number of ether oxygens (including phenoxy) is 1. The number of benzene rings is 1. The molecule has 1 aliphatic carbocycles. The topological polar surface area (TPSA) is 24.5 Å². The molecule has 104 valence electrons. The first kappa shape index (κ1) is 13.2. The van der Waals surface area contributed by atoms with E-state index in [2.05, 4.69) is 22.3 Å². The molecule has 0 spiro atoms. The zero-order valence-corrected chi connectivity index (χ0v) is 12.0. The Hall–Kier alpha value is -0.770. The van der Waals surface area contributed by atoms with Crippen LogP contribution in [0.3, 0.4) is 0 Å². The van der Waals surface area contributed by atoms with Crippen LogP contribution in [0.1, 0.15) is 18.4 Å². The minimum atomic E-state index is 0.727. The Kier molecular flexibility index (Phi) is 4.26. The van der Waals surface area contributed by atoms with Gasteiger partial charge in [-0.2, -0.15) is 0 Å². The van der Waals surface area contributed by atoms with Crippen molar-refractivity contribution in [2.24, 2.45) is 5.92 Å². The van der Waals surface area contributed by atoms with Gasteiger partial charge in [-0.1, -0.05) is 17.7 Å². The second-order valence-electron chi connectivity index (χ2n) is 5.55. The Labute approximate surface area is 119 Å². The molecule has 3 nitrogen and oxygen atoms in total. The smallest absolute Gasteiger partial charge is 0.138 e. The molecule has 1 heterocycles. The van der Waals surface area contributed by atoms with Gasteiger partial charge in [-0.15, -0.1) is 0 Å². The van der Waals surface area contributed by atoms with Crippen molar-refractivity contribution in [3.63, 3.8) is 0 Å². The quantitative estimate of drug-likeness (QED) is 0.897. The Morgan fingerprint density at radius 1 is 1.26 bits per heavy atom. The first-order valence-electron chi connectivity index (χ1n) is 7.15. The van der Waals surface area contributed by atoms with Gasteiger partial charge in [0.15, 0.2) is 0 Å². The number of nitrogens with one attached hydrogen (secondary N) is 1. The van der Waals surface area contributed by atoms with Gasteiger partial charge in [-0.25, -0.2) is 0 Å². The van der Waals surface area contributed by atoms with Crippen molar-refractivity contribution < 1.29 is 4.74 Å². The van der Waals surface area contributed by atoms with Crippen molar-refractivity contribution in [2.75, 3.05) is 32.8 Å². The maximum Gasteiger partial charge on any atom is 0.138 e. The van der Waals surface area contributed by atoms with E-state index in [0.29, 0.717) is 0 Å². The number of piperazine rings is 1. The summed E-state index contributed by atoms with van der Waals surface area (Å²) in [7, 11) is 0. The highest BCUT2D eigenvalue weighted by molar-refractivity contribution is 6.32. The van der Waals surface area contributed by atoms with Crippen LogP contribution in [0.5, 0.6) is 5.75 Å². The molecule has 1 saturated heterocycles. The van der Waals surface area contributed by atoms with Gasteiger partial charge in [-0.3, -0.25) is 4.90 Å². The van der Waals surface area contributed by atoms with Crippen molar-refractivity contribution in [1.29, 1.82) is 0 Å². The summed E-state index contributed by atoms with van der Waals surface area (Å²) in [5.74, 6) is 1.61. The van der Waals surface area contributed by atoms with Gasteiger partial charge in [0.1, 0.15) is 5.75 Å². The number of rotatable bonds is 5. The van der Waals surface area contributed by atoms with E-state index in [-0.39, 0.29) is 0 Å². The fraction of sp³-hybridized carbons (Fsp3) is 0.600. The molecule has 19 heavy (non-hydrogen) atoms. The van der Waals surface area contributed by atoms with E-state index in [9.17, 15) is 0 Å². The first-order valence-corrected chi connectivity index (χ1v) is 7.53. The number of hydrogen-bond donors (Lipinski definition) is 1. The molecule has 0 atom stereocenters. The lowest BCUT2D eigenvalue weighted by Crippen LogP contribution is -2.42. The molecular formula is C15H21ClN2O. The second kappa shape index (κ2) is 6.12. The Bertz CT molecular complexity index is 428. The predicted molar refractivity (Wildman–Crippen MR) is 77.8 cm³/mol. The van der Waals surface area contributed by atoms with Crippen LogP contribution in [0, 0.1) is 5.92 Å². The van der Waals surface area contributed by atoms with Crippen molar-refractivity contribution in [1.82, 2.24) is 10.2 Å². The van der Waals surface area contributed by atoms with Crippen LogP contribution >= 0.6 is 11.6 Å². The van der Waals surface area contributed by atoms with Gasteiger partial charge in [0.2, 0.25) is 0 Å². The van der Waals surface area contributed by atoms with Crippen molar-refractivity contribution in [3.05, 3.63) is 28.8 Å². The van der Waals surface area contributed by atoms with E-state index < -0.39 is 0 Å². The summed E-state index contributed by atoms with van der Waals surface area (Å²) in [4.78, 5) is 2.46. The number of hydrogen-bond acceptors (Lipinski definition) is 3. The van der Waals surface area contributed by atoms with Crippen molar-refractivity contribution in [2.45, 2.75) is 19.4 Å². The SMILES string of the molecule is Clc1ccc(CN2CCNCC2)cc1OCC1CC1. The molecule has 1 aromatic carbocycles. The molecular weight excluding hydrogens is 260 g/mol. The molecule has 0 bridgehead atoms. The van der Waals surface area contributed by atoms with Crippen LogP contribution in [0.4, 0.5) is 0 Å².